The maximum absolute atomic E-state index is 11.7. The van der Waals surface area contributed by atoms with Crippen molar-refractivity contribution in [3.8, 4) is 5.69 Å². The van der Waals surface area contributed by atoms with Crippen molar-refractivity contribution < 1.29 is 14.4 Å². The fraction of sp³-hybridized carbons (Fsp3) is 0.100. The molecule has 0 unspecified atom stereocenters. The zero-order chi connectivity index (χ0) is 17.8. The summed E-state index contributed by atoms with van der Waals surface area (Å²) in [4.78, 5) is 19.0. The molecule has 0 fully saturated rings. The van der Waals surface area contributed by atoms with Crippen molar-refractivity contribution >= 4 is 34.7 Å². The third-order valence-electron chi connectivity index (χ3n) is 4.50. The molecule has 0 aliphatic rings. The Hall–Kier alpha value is -2.39. The lowest BCUT2D eigenvalue weighted by Gasteiger charge is -2.11. The average Bonchev–Trinajstić information content (AvgIpc) is 2.87. The van der Waals surface area contributed by atoms with Gasteiger partial charge in [-0.1, -0.05) is 29.3 Å². The van der Waals surface area contributed by atoms with Crippen LogP contribution in [0, 0.1) is 13.8 Å². The van der Waals surface area contributed by atoms with Gasteiger partial charge in [0.2, 0.25) is 0 Å². The Balaban J connectivity index is 2.12. The van der Waals surface area contributed by atoms with E-state index in [0.29, 0.717) is 0 Å². The van der Waals surface area contributed by atoms with Crippen molar-refractivity contribution in [2.75, 3.05) is 0 Å². The maximum atomic E-state index is 11.7. The zero-order valence-corrected chi connectivity index (χ0v) is 14.9. The van der Waals surface area contributed by atoms with Crippen LogP contribution in [0.5, 0.6) is 0 Å². The van der Waals surface area contributed by atoms with E-state index in [1.54, 1.807) is 12.1 Å². The number of aromatic nitrogens is 1. The Bertz CT molecular complexity index is 1110. The molecule has 4 nitrogen and oxygen atoms in total. The molecular formula is C20H18NO3P. The van der Waals surface area contributed by atoms with E-state index in [4.69, 9.17) is 0 Å². The highest BCUT2D eigenvalue weighted by Crippen LogP contribution is 2.36. The minimum Gasteiger partial charge on any atom is -0.321 e. The Morgan fingerprint density at radius 2 is 1.36 bits per heavy atom. The molecule has 0 spiro atoms. The summed E-state index contributed by atoms with van der Waals surface area (Å²) in [5.74, 6) is 0. The summed E-state index contributed by atoms with van der Waals surface area (Å²) in [6.45, 7) is 4.12. The van der Waals surface area contributed by atoms with Crippen LogP contribution >= 0.6 is 7.60 Å². The lowest BCUT2D eigenvalue weighted by atomic mass is 10.1. The predicted octanol–water partition coefficient (Wildman–Crippen LogP) is 4.20. The second-order valence-electron chi connectivity index (χ2n) is 6.44. The van der Waals surface area contributed by atoms with Crippen LogP contribution in [-0.4, -0.2) is 14.4 Å². The van der Waals surface area contributed by atoms with E-state index >= 15 is 0 Å². The van der Waals surface area contributed by atoms with Gasteiger partial charge in [0.15, 0.2) is 0 Å². The molecule has 0 radical (unpaired) electrons. The summed E-state index contributed by atoms with van der Waals surface area (Å²) in [6, 6.07) is 19.1. The number of benzene rings is 3. The van der Waals surface area contributed by atoms with Crippen molar-refractivity contribution in [2.24, 2.45) is 0 Å². The lowest BCUT2D eigenvalue weighted by Crippen LogP contribution is -2.06. The van der Waals surface area contributed by atoms with Gasteiger partial charge in [-0.3, -0.25) is 4.57 Å². The van der Waals surface area contributed by atoms with E-state index in [-0.39, 0.29) is 5.30 Å². The molecule has 5 heteroatoms. The smallest absolute Gasteiger partial charge is 0.321 e. The molecular weight excluding hydrogens is 333 g/mol. The molecule has 0 bridgehead atoms. The Labute approximate surface area is 145 Å². The fourth-order valence-electron chi connectivity index (χ4n) is 3.34. The Morgan fingerprint density at radius 1 is 0.800 bits per heavy atom. The highest BCUT2D eigenvalue weighted by Gasteiger charge is 2.19. The summed E-state index contributed by atoms with van der Waals surface area (Å²) in [5, 5.41) is 2.31. The standard InChI is InChI=1S/C20H18NO3P/c1-13-6-8-19-17(10-13)18-11-14(2)7-9-20(18)21(19)15-4-3-5-16(12-15)25(22,23)24/h3-12H,1-2H3,(H2,22,23,24). The first-order valence-corrected chi connectivity index (χ1v) is 9.64. The van der Waals surface area contributed by atoms with Crippen LogP contribution in [0.1, 0.15) is 11.1 Å². The van der Waals surface area contributed by atoms with Gasteiger partial charge >= 0.3 is 7.60 Å². The van der Waals surface area contributed by atoms with E-state index in [2.05, 4.69) is 54.8 Å². The first kappa shape index (κ1) is 16.1. The summed E-state index contributed by atoms with van der Waals surface area (Å²) in [7, 11) is -4.30. The van der Waals surface area contributed by atoms with Gasteiger partial charge in [0.05, 0.1) is 16.3 Å². The van der Waals surface area contributed by atoms with Crippen LogP contribution < -0.4 is 5.30 Å². The van der Waals surface area contributed by atoms with Crippen LogP contribution in [-0.2, 0) is 4.57 Å². The molecule has 1 aromatic heterocycles. The lowest BCUT2D eigenvalue weighted by molar-refractivity contribution is 0.387. The Kier molecular flexibility index (Phi) is 3.58. The van der Waals surface area contributed by atoms with Gasteiger partial charge in [0.1, 0.15) is 0 Å². The first-order chi connectivity index (χ1) is 11.8. The number of fused-ring (bicyclic) bond motifs is 3. The van der Waals surface area contributed by atoms with Crippen LogP contribution in [0.2, 0.25) is 0 Å². The number of hydrogen-bond donors (Lipinski definition) is 2. The largest absolute Gasteiger partial charge is 0.356 e. The molecule has 1 heterocycles. The molecule has 4 aromatic rings. The second-order valence-corrected chi connectivity index (χ2v) is 8.04. The van der Waals surface area contributed by atoms with E-state index in [1.165, 1.54) is 17.2 Å². The Morgan fingerprint density at radius 3 is 1.88 bits per heavy atom. The van der Waals surface area contributed by atoms with Gasteiger partial charge < -0.3 is 14.4 Å². The molecule has 126 valence electrons. The number of hydrogen-bond acceptors (Lipinski definition) is 1. The van der Waals surface area contributed by atoms with Gasteiger partial charge in [0, 0.05) is 16.5 Å². The molecule has 0 aliphatic carbocycles. The van der Waals surface area contributed by atoms with Crippen molar-refractivity contribution in [1.29, 1.82) is 0 Å². The minimum atomic E-state index is -4.30. The molecule has 4 rings (SSSR count). The van der Waals surface area contributed by atoms with E-state index in [9.17, 15) is 14.4 Å². The van der Waals surface area contributed by atoms with Gasteiger partial charge in [-0.2, -0.15) is 0 Å². The molecule has 3 aromatic carbocycles. The van der Waals surface area contributed by atoms with Gasteiger partial charge in [-0.05, 0) is 56.3 Å². The molecule has 0 atom stereocenters. The normalized spacial score (nSPS) is 12.2. The monoisotopic (exact) mass is 351 g/mol. The second kappa shape index (κ2) is 5.57. The molecule has 0 saturated heterocycles. The van der Waals surface area contributed by atoms with E-state index < -0.39 is 7.60 Å². The molecule has 2 N–H and O–H groups in total. The quantitative estimate of drug-likeness (QED) is 0.532. The minimum absolute atomic E-state index is 0.0271. The third kappa shape index (κ3) is 2.69. The van der Waals surface area contributed by atoms with Gasteiger partial charge in [-0.15, -0.1) is 0 Å². The van der Waals surface area contributed by atoms with Crippen LogP contribution in [0.3, 0.4) is 0 Å². The van der Waals surface area contributed by atoms with Gasteiger partial charge in [0.25, 0.3) is 0 Å². The molecule has 0 saturated carbocycles. The molecule has 25 heavy (non-hydrogen) atoms. The zero-order valence-electron chi connectivity index (χ0n) is 14.0. The summed E-state index contributed by atoms with van der Waals surface area (Å²) < 4.78 is 13.7. The first-order valence-electron chi connectivity index (χ1n) is 8.02. The number of aryl methyl sites for hydroxylation is 2. The maximum Gasteiger partial charge on any atom is 0.356 e. The van der Waals surface area contributed by atoms with Crippen molar-refractivity contribution in [1.82, 2.24) is 4.57 Å². The predicted molar refractivity (Wildman–Crippen MR) is 102 cm³/mol. The van der Waals surface area contributed by atoms with Crippen LogP contribution in [0.25, 0.3) is 27.5 Å². The highest BCUT2D eigenvalue weighted by molar-refractivity contribution is 7.60. The molecule has 0 aliphatic heterocycles. The summed E-state index contributed by atoms with van der Waals surface area (Å²) in [5.41, 5.74) is 5.14. The molecule has 0 amide bonds. The number of rotatable bonds is 2. The van der Waals surface area contributed by atoms with Crippen molar-refractivity contribution in [2.45, 2.75) is 13.8 Å². The average molecular weight is 351 g/mol. The van der Waals surface area contributed by atoms with Crippen molar-refractivity contribution in [3.05, 3.63) is 71.8 Å². The van der Waals surface area contributed by atoms with Gasteiger partial charge in [-0.25, -0.2) is 0 Å². The third-order valence-corrected chi connectivity index (χ3v) is 5.45. The van der Waals surface area contributed by atoms with Crippen LogP contribution in [0.15, 0.2) is 60.7 Å². The van der Waals surface area contributed by atoms with Crippen LogP contribution in [0.4, 0.5) is 0 Å². The SMILES string of the molecule is Cc1ccc2c(c1)c1cc(C)ccc1n2-c1cccc(P(=O)(O)O)c1. The topological polar surface area (TPSA) is 62.5 Å². The van der Waals surface area contributed by atoms with Crippen molar-refractivity contribution in [3.63, 3.8) is 0 Å². The fourth-order valence-corrected chi connectivity index (χ4v) is 3.92. The highest BCUT2D eigenvalue weighted by atomic mass is 31.2. The summed E-state index contributed by atoms with van der Waals surface area (Å²) >= 11 is 0. The van der Waals surface area contributed by atoms with E-state index in [0.717, 1.165) is 27.5 Å². The number of nitrogens with zero attached hydrogens (tertiary/aromatic N) is 1. The van der Waals surface area contributed by atoms with E-state index in [1.807, 2.05) is 6.07 Å². The summed E-state index contributed by atoms with van der Waals surface area (Å²) in [6.07, 6.45) is 0.